The van der Waals surface area contributed by atoms with Crippen molar-refractivity contribution in [1.82, 2.24) is 0 Å². The molecule has 1 aromatic carbocycles. The molecule has 0 aliphatic rings. The number of carbonyl (C=O) groups excluding carboxylic acids is 2. The van der Waals surface area contributed by atoms with E-state index in [1.807, 2.05) is 0 Å². The third-order valence-electron chi connectivity index (χ3n) is 2.34. The number of ketones is 1. The SMILES string of the molecule is COC(=O)C(C)CC(=O)c1ccc(F)c(Cl)c1. The summed E-state index contributed by atoms with van der Waals surface area (Å²) in [6.45, 7) is 1.59. The van der Waals surface area contributed by atoms with Crippen LogP contribution in [0.4, 0.5) is 4.39 Å². The van der Waals surface area contributed by atoms with E-state index >= 15 is 0 Å². The second kappa shape index (κ2) is 5.77. The fourth-order valence-electron chi connectivity index (χ4n) is 1.35. The molecular formula is C12H12ClFO3. The molecule has 0 N–H and O–H groups in total. The molecule has 0 saturated heterocycles. The summed E-state index contributed by atoms with van der Waals surface area (Å²) >= 11 is 5.57. The number of hydrogen-bond acceptors (Lipinski definition) is 3. The highest BCUT2D eigenvalue weighted by Gasteiger charge is 2.19. The predicted molar refractivity (Wildman–Crippen MR) is 61.5 cm³/mol. The molecule has 0 saturated carbocycles. The molecule has 1 rings (SSSR count). The van der Waals surface area contributed by atoms with Crippen LogP contribution < -0.4 is 0 Å². The number of ether oxygens (including phenoxy) is 1. The van der Waals surface area contributed by atoms with Gasteiger partial charge in [-0.25, -0.2) is 4.39 Å². The average molecular weight is 259 g/mol. The van der Waals surface area contributed by atoms with Crippen LogP contribution in [0.25, 0.3) is 0 Å². The predicted octanol–water partition coefficient (Wildman–Crippen LogP) is 2.86. The molecule has 0 radical (unpaired) electrons. The van der Waals surface area contributed by atoms with Crippen LogP contribution in [0.15, 0.2) is 18.2 Å². The van der Waals surface area contributed by atoms with Crippen LogP contribution >= 0.6 is 11.6 Å². The first-order chi connectivity index (χ1) is 7.95. The maximum atomic E-state index is 12.9. The monoisotopic (exact) mass is 258 g/mol. The van der Waals surface area contributed by atoms with Gasteiger partial charge in [-0.15, -0.1) is 0 Å². The van der Waals surface area contributed by atoms with E-state index in [1.165, 1.54) is 19.2 Å². The Morgan fingerprint density at radius 3 is 2.65 bits per heavy atom. The Kier molecular flexibility index (Phi) is 4.63. The van der Waals surface area contributed by atoms with Gasteiger partial charge < -0.3 is 4.74 Å². The van der Waals surface area contributed by atoms with Crippen molar-refractivity contribution in [1.29, 1.82) is 0 Å². The van der Waals surface area contributed by atoms with E-state index in [1.54, 1.807) is 6.92 Å². The molecule has 0 bridgehead atoms. The Balaban J connectivity index is 2.76. The van der Waals surface area contributed by atoms with Crippen molar-refractivity contribution in [3.63, 3.8) is 0 Å². The summed E-state index contributed by atoms with van der Waals surface area (Å²) in [4.78, 5) is 22.9. The lowest BCUT2D eigenvalue weighted by molar-refractivity contribution is -0.144. The van der Waals surface area contributed by atoms with Crippen molar-refractivity contribution in [3.8, 4) is 0 Å². The van der Waals surface area contributed by atoms with Gasteiger partial charge >= 0.3 is 5.97 Å². The van der Waals surface area contributed by atoms with Crippen LogP contribution in [-0.2, 0) is 9.53 Å². The molecule has 17 heavy (non-hydrogen) atoms. The summed E-state index contributed by atoms with van der Waals surface area (Å²) in [6, 6.07) is 3.72. The summed E-state index contributed by atoms with van der Waals surface area (Å²) in [5.41, 5.74) is 0.284. The van der Waals surface area contributed by atoms with E-state index in [2.05, 4.69) is 4.74 Å². The van der Waals surface area contributed by atoms with E-state index in [4.69, 9.17) is 11.6 Å². The summed E-state index contributed by atoms with van der Waals surface area (Å²) in [5, 5.41) is -0.110. The van der Waals surface area contributed by atoms with E-state index in [-0.39, 0.29) is 22.8 Å². The molecule has 1 aromatic rings. The van der Waals surface area contributed by atoms with Crippen molar-refractivity contribution in [2.24, 2.45) is 5.92 Å². The standard InChI is InChI=1S/C12H12ClFO3/c1-7(12(16)17-2)5-11(15)8-3-4-10(14)9(13)6-8/h3-4,6-7H,5H2,1-2H3. The van der Waals surface area contributed by atoms with Gasteiger partial charge in [0.2, 0.25) is 0 Å². The van der Waals surface area contributed by atoms with E-state index < -0.39 is 17.7 Å². The lowest BCUT2D eigenvalue weighted by Gasteiger charge is -2.08. The van der Waals surface area contributed by atoms with Gasteiger partial charge in [-0.05, 0) is 18.2 Å². The highest BCUT2D eigenvalue weighted by molar-refractivity contribution is 6.31. The average Bonchev–Trinajstić information content (AvgIpc) is 2.31. The van der Waals surface area contributed by atoms with E-state index in [0.29, 0.717) is 0 Å². The van der Waals surface area contributed by atoms with Gasteiger partial charge in [-0.1, -0.05) is 18.5 Å². The zero-order chi connectivity index (χ0) is 13.0. The van der Waals surface area contributed by atoms with Crippen molar-refractivity contribution < 1.29 is 18.7 Å². The van der Waals surface area contributed by atoms with Crippen molar-refractivity contribution in [2.45, 2.75) is 13.3 Å². The molecule has 0 amide bonds. The Labute approximate surface area is 104 Å². The largest absolute Gasteiger partial charge is 0.469 e. The first kappa shape index (κ1) is 13.6. The van der Waals surface area contributed by atoms with Gasteiger partial charge in [0.15, 0.2) is 5.78 Å². The highest BCUT2D eigenvalue weighted by Crippen LogP contribution is 2.18. The summed E-state index contributed by atoms with van der Waals surface area (Å²) in [6.07, 6.45) is 0.00857. The lowest BCUT2D eigenvalue weighted by Crippen LogP contribution is -2.16. The minimum Gasteiger partial charge on any atom is -0.469 e. The zero-order valence-electron chi connectivity index (χ0n) is 9.50. The molecule has 92 valence electrons. The highest BCUT2D eigenvalue weighted by atomic mass is 35.5. The molecular weight excluding hydrogens is 247 g/mol. The van der Waals surface area contributed by atoms with Crippen LogP contribution in [0.1, 0.15) is 23.7 Å². The molecule has 1 atom stereocenters. The van der Waals surface area contributed by atoms with Gasteiger partial charge in [0.1, 0.15) is 5.82 Å². The molecule has 0 heterocycles. The molecule has 0 spiro atoms. The number of esters is 1. The molecule has 0 aromatic heterocycles. The Morgan fingerprint density at radius 2 is 2.12 bits per heavy atom. The smallest absolute Gasteiger partial charge is 0.308 e. The third-order valence-corrected chi connectivity index (χ3v) is 2.63. The Morgan fingerprint density at radius 1 is 1.47 bits per heavy atom. The molecule has 1 unspecified atom stereocenters. The lowest BCUT2D eigenvalue weighted by atomic mass is 10.00. The number of rotatable bonds is 4. The van der Waals surface area contributed by atoms with Crippen LogP contribution in [-0.4, -0.2) is 18.9 Å². The van der Waals surface area contributed by atoms with Gasteiger partial charge in [0, 0.05) is 12.0 Å². The van der Waals surface area contributed by atoms with Crippen molar-refractivity contribution in [2.75, 3.05) is 7.11 Å². The van der Waals surface area contributed by atoms with Crippen molar-refractivity contribution in [3.05, 3.63) is 34.6 Å². The molecule has 3 nitrogen and oxygen atoms in total. The van der Waals surface area contributed by atoms with Crippen LogP contribution in [0, 0.1) is 11.7 Å². The van der Waals surface area contributed by atoms with Crippen LogP contribution in [0.2, 0.25) is 5.02 Å². The maximum Gasteiger partial charge on any atom is 0.308 e. The number of hydrogen-bond donors (Lipinski definition) is 0. The zero-order valence-corrected chi connectivity index (χ0v) is 10.3. The van der Waals surface area contributed by atoms with E-state index in [0.717, 1.165) is 6.07 Å². The fraction of sp³-hybridized carbons (Fsp3) is 0.333. The molecule has 0 aliphatic heterocycles. The molecule has 5 heteroatoms. The minimum atomic E-state index is -0.579. The number of methoxy groups -OCH3 is 1. The quantitative estimate of drug-likeness (QED) is 0.616. The van der Waals surface area contributed by atoms with Gasteiger partial charge in [0.25, 0.3) is 0 Å². The van der Waals surface area contributed by atoms with Crippen molar-refractivity contribution >= 4 is 23.4 Å². The first-order valence-electron chi connectivity index (χ1n) is 5.01. The summed E-state index contributed by atoms with van der Waals surface area (Å²) < 4.78 is 17.4. The molecule has 0 aliphatic carbocycles. The second-order valence-corrected chi connectivity index (χ2v) is 4.09. The summed E-state index contributed by atoms with van der Waals surface area (Å²) in [5.74, 6) is -1.84. The number of halogens is 2. The third kappa shape index (κ3) is 3.53. The number of Topliss-reactive ketones (excluding diaryl/α,β-unsaturated/α-hetero) is 1. The van der Waals surface area contributed by atoms with Crippen LogP contribution in [0.5, 0.6) is 0 Å². The van der Waals surface area contributed by atoms with Gasteiger partial charge in [0.05, 0.1) is 18.1 Å². The van der Waals surface area contributed by atoms with Gasteiger partial charge in [-0.2, -0.15) is 0 Å². The Bertz CT molecular complexity index is 445. The first-order valence-corrected chi connectivity index (χ1v) is 5.39. The minimum absolute atomic E-state index is 0.00857. The normalized spacial score (nSPS) is 12.0. The second-order valence-electron chi connectivity index (χ2n) is 3.68. The Hall–Kier alpha value is -1.42. The topological polar surface area (TPSA) is 43.4 Å². The molecule has 0 fully saturated rings. The number of benzene rings is 1. The van der Waals surface area contributed by atoms with Crippen LogP contribution in [0.3, 0.4) is 0 Å². The summed E-state index contributed by atoms with van der Waals surface area (Å²) in [7, 11) is 1.26. The van der Waals surface area contributed by atoms with E-state index in [9.17, 15) is 14.0 Å². The fourth-order valence-corrected chi connectivity index (χ4v) is 1.53. The van der Waals surface area contributed by atoms with Gasteiger partial charge in [-0.3, -0.25) is 9.59 Å². The number of carbonyl (C=O) groups is 2. The maximum absolute atomic E-state index is 12.9.